The normalized spacial score (nSPS) is 26.2. The molecule has 12 nitrogen and oxygen atoms in total. The van der Waals surface area contributed by atoms with Crippen molar-refractivity contribution in [1.29, 1.82) is 0 Å². The van der Waals surface area contributed by atoms with Gasteiger partial charge in [0.25, 0.3) is 0 Å². The molecule has 0 spiro atoms. The highest BCUT2D eigenvalue weighted by Crippen LogP contribution is 2.38. The third-order valence-corrected chi connectivity index (χ3v) is 11.8. The molecular formula is C28H34N2O10S2. The highest BCUT2D eigenvalue weighted by Gasteiger charge is 2.58. The predicted molar refractivity (Wildman–Crippen MR) is 154 cm³/mol. The number of ether oxygens (including phenoxy) is 4. The first kappa shape index (κ1) is 30.3. The summed E-state index contributed by atoms with van der Waals surface area (Å²) in [6.45, 7) is -0.360. The number of methoxy groups -OCH3 is 4. The molecule has 3 saturated heterocycles. The Kier molecular flexibility index (Phi) is 8.27. The van der Waals surface area contributed by atoms with Crippen molar-refractivity contribution < 1.29 is 45.4 Å². The maximum Gasteiger partial charge on any atom is 0.176 e. The Hall–Kier alpha value is -3.20. The highest BCUT2D eigenvalue weighted by molar-refractivity contribution is 7.92. The lowest BCUT2D eigenvalue weighted by Crippen LogP contribution is -2.69. The summed E-state index contributed by atoms with van der Waals surface area (Å²) in [6.07, 6.45) is 0. The van der Waals surface area contributed by atoms with Gasteiger partial charge in [0.1, 0.15) is 0 Å². The van der Waals surface area contributed by atoms with Crippen molar-refractivity contribution in [3.05, 3.63) is 47.5 Å². The average Bonchev–Trinajstić information content (AvgIpc) is 3.47. The number of hydrogen-bond donors (Lipinski definition) is 0. The summed E-state index contributed by atoms with van der Waals surface area (Å²) >= 11 is 0. The van der Waals surface area contributed by atoms with Crippen molar-refractivity contribution >= 4 is 31.2 Å². The molecule has 3 heterocycles. The Morgan fingerprint density at radius 2 is 0.905 bits per heavy atom. The Morgan fingerprint density at radius 1 is 0.595 bits per heavy atom. The van der Waals surface area contributed by atoms with Crippen LogP contribution in [0.25, 0.3) is 0 Å². The topological polar surface area (TPSA) is 146 Å². The van der Waals surface area contributed by atoms with Gasteiger partial charge in [-0.05, 0) is 36.4 Å². The molecule has 2 aromatic carbocycles. The smallest absolute Gasteiger partial charge is 0.176 e. The van der Waals surface area contributed by atoms with Gasteiger partial charge in [0, 0.05) is 35.3 Å². The van der Waals surface area contributed by atoms with Gasteiger partial charge in [-0.3, -0.25) is 19.4 Å². The van der Waals surface area contributed by atoms with Gasteiger partial charge in [-0.1, -0.05) is 0 Å². The molecule has 3 aliphatic rings. The highest BCUT2D eigenvalue weighted by atomic mass is 32.2. The van der Waals surface area contributed by atoms with Crippen LogP contribution in [0.4, 0.5) is 0 Å². The summed E-state index contributed by atoms with van der Waals surface area (Å²) in [4.78, 5) is 30.5. The minimum absolute atomic E-state index is 0.180. The molecule has 2 aromatic rings. The molecule has 0 aromatic heterocycles. The van der Waals surface area contributed by atoms with E-state index in [2.05, 4.69) is 0 Å². The van der Waals surface area contributed by atoms with Gasteiger partial charge in [0.15, 0.2) is 54.2 Å². The van der Waals surface area contributed by atoms with Crippen molar-refractivity contribution in [3.8, 4) is 23.0 Å². The van der Waals surface area contributed by atoms with E-state index in [1.807, 2.05) is 0 Å². The molecule has 0 saturated carbocycles. The van der Waals surface area contributed by atoms with Crippen molar-refractivity contribution in [1.82, 2.24) is 9.80 Å². The third-order valence-electron chi connectivity index (χ3n) is 8.35. The maximum atomic E-state index is 13.5. The number of carbonyl (C=O) groups is 2. The summed E-state index contributed by atoms with van der Waals surface area (Å²) in [7, 11) is -1.17. The molecule has 228 valence electrons. The van der Waals surface area contributed by atoms with E-state index in [0.29, 0.717) is 34.1 Å². The largest absolute Gasteiger partial charge is 0.493 e. The molecule has 5 rings (SSSR count). The summed E-state index contributed by atoms with van der Waals surface area (Å²) in [5.74, 6) is 0.0735. The predicted octanol–water partition coefficient (Wildman–Crippen LogP) is 0.735. The standard InChI is InChI=1S/C28H34N2O10S2/c1-37-25-7-5-17(9-27(25)39-3)23(31)11-29-19-13-41(33,34)15-21(19)30(22-16-42(35,36)14-20(22)29)12-24(32)18-6-8-26(38-2)28(10-18)40-4/h5-10,19-22H,11-16H2,1-4H3/t19-,20-,21-,22+/m1/s1. The molecule has 0 radical (unpaired) electrons. The summed E-state index contributed by atoms with van der Waals surface area (Å²) in [5.41, 5.74) is 0.655. The van der Waals surface area contributed by atoms with Crippen LogP contribution in [-0.4, -0.2) is 127 Å². The van der Waals surface area contributed by atoms with Crippen LogP contribution in [0.2, 0.25) is 0 Å². The SMILES string of the molecule is COc1ccc(C(=O)CN2[C@@H]3CS(=O)(=O)C[C@H]3N(CC(=O)c3ccc(OC)c(OC)c3)[C@H]3CS(=O)(=O)C[C@H]32)cc1OC. The zero-order valence-corrected chi connectivity index (χ0v) is 25.4. The zero-order valence-electron chi connectivity index (χ0n) is 23.8. The van der Waals surface area contributed by atoms with Gasteiger partial charge in [-0.25, -0.2) is 16.8 Å². The second-order valence-corrected chi connectivity index (χ2v) is 15.1. The Labute approximate surface area is 245 Å². The van der Waals surface area contributed by atoms with Crippen LogP contribution in [0.15, 0.2) is 36.4 Å². The van der Waals surface area contributed by atoms with Crippen molar-refractivity contribution in [3.63, 3.8) is 0 Å². The lowest BCUT2D eigenvalue weighted by atomic mass is 9.92. The molecule has 0 amide bonds. The van der Waals surface area contributed by atoms with E-state index < -0.39 is 43.8 Å². The minimum Gasteiger partial charge on any atom is -0.493 e. The van der Waals surface area contributed by atoms with Gasteiger partial charge in [0.05, 0.1) is 64.5 Å². The molecule has 4 atom stereocenters. The van der Waals surface area contributed by atoms with Crippen LogP contribution >= 0.6 is 0 Å². The van der Waals surface area contributed by atoms with Crippen LogP contribution in [0.1, 0.15) is 20.7 Å². The summed E-state index contributed by atoms with van der Waals surface area (Å²) in [6, 6.07) is 6.85. The van der Waals surface area contributed by atoms with E-state index in [1.54, 1.807) is 46.2 Å². The van der Waals surface area contributed by atoms with Crippen LogP contribution in [0.5, 0.6) is 23.0 Å². The number of carbonyl (C=O) groups excluding carboxylic acids is 2. The molecule has 42 heavy (non-hydrogen) atoms. The molecule has 0 bridgehead atoms. The van der Waals surface area contributed by atoms with Gasteiger partial charge in [0.2, 0.25) is 0 Å². The number of piperazine rings is 1. The number of hydrogen-bond acceptors (Lipinski definition) is 12. The number of fused-ring (bicyclic) bond motifs is 2. The van der Waals surface area contributed by atoms with Crippen molar-refractivity contribution in [2.24, 2.45) is 0 Å². The molecule has 14 heteroatoms. The van der Waals surface area contributed by atoms with E-state index in [9.17, 15) is 26.4 Å². The molecule has 0 N–H and O–H groups in total. The summed E-state index contributed by atoms with van der Waals surface area (Å²) < 4.78 is 73.0. The van der Waals surface area contributed by atoms with E-state index >= 15 is 0 Å². The second kappa shape index (κ2) is 11.5. The Morgan fingerprint density at radius 3 is 1.19 bits per heavy atom. The number of benzene rings is 2. The fraction of sp³-hybridized carbons (Fsp3) is 0.500. The lowest BCUT2D eigenvalue weighted by molar-refractivity contribution is -0.0177. The second-order valence-electron chi connectivity index (χ2n) is 10.8. The lowest BCUT2D eigenvalue weighted by Gasteiger charge is -2.50. The fourth-order valence-corrected chi connectivity index (χ4v) is 10.4. The van der Waals surface area contributed by atoms with Crippen LogP contribution in [0.3, 0.4) is 0 Å². The third kappa shape index (κ3) is 5.72. The summed E-state index contributed by atoms with van der Waals surface area (Å²) in [5, 5.41) is 0. The van der Waals surface area contributed by atoms with Gasteiger partial charge in [-0.2, -0.15) is 0 Å². The first-order chi connectivity index (χ1) is 19.9. The molecular weight excluding hydrogens is 588 g/mol. The van der Waals surface area contributed by atoms with Gasteiger partial charge in [-0.15, -0.1) is 0 Å². The van der Waals surface area contributed by atoms with Crippen LogP contribution in [-0.2, 0) is 19.7 Å². The minimum atomic E-state index is -3.52. The van der Waals surface area contributed by atoms with Crippen molar-refractivity contribution in [2.75, 3.05) is 64.5 Å². The monoisotopic (exact) mass is 622 g/mol. The van der Waals surface area contributed by atoms with Crippen LogP contribution < -0.4 is 18.9 Å². The quantitative estimate of drug-likeness (QED) is 0.345. The van der Waals surface area contributed by atoms with Crippen LogP contribution in [0, 0.1) is 0 Å². The van der Waals surface area contributed by atoms with E-state index in [1.165, 1.54) is 28.4 Å². The molecule has 3 fully saturated rings. The zero-order chi connectivity index (χ0) is 30.4. The Balaban J connectivity index is 1.47. The number of rotatable bonds is 10. The number of ketones is 2. The van der Waals surface area contributed by atoms with E-state index in [4.69, 9.17) is 18.9 Å². The molecule has 0 unspecified atom stereocenters. The number of Topliss-reactive ketones (excluding diaryl/α,β-unsaturated/α-hetero) is 2. The Bertz CT molecular complexity index is 1450. The molecule has 3 aliphatic heterocycles. The average molecular weight is 623 g/mol. The maximum absolute atomic E-state index is 13.5. The first-order valence-corrected chi connectivity index (χ1v) is 17.0. The number of sulfone groups is 2. The molecule has 0 aliphatic carbocycles. The van der Waals surface area contributed by atoms with Gasteiger partial charge >= 0.3 is 0 Å². The first-order valence-electron chi connectivity index (χ1n) is 13.3. The van der Waals surface area contributed by atoms with E-state index in [-0.39, 0.29) is 47.7 Å². The van der Waals surface area contributed by atoms with Crippen molar-refractivity contribution in [2.45, 2.75) is 24.2 Å². The fourth-order valence-electron chi connectivity index (χ4n) is 6.38. The van der Waals surface area contributed by atoms with Gasteiger partial charge < -0.3 is 18.9 Å². The number of nitrogens with zero attached hydrogens (tertiary/aromatic N) is 2. The van der Waals surface area contributed by atoms with E-state index in [0.717, 1.165) is 0 Å².